The molecule has 13 heavy (non-hydrogen) atoms. The summed E-state index contributed by atoms with van der Waals surface area (Å²) in [7, 11) is 0. The fourth-order valence-electron chi connectivity index (χ4n) is 0.742. The minimum Gasteiger partial charge on any atom is -0.365 e. The first-order valence-corrected chi connectivity index (χ1v) is 4.82. The van der Waals surface area contributed by atoms with Crippen molar-refractivity contribution in [2.24, 2.45) is 5.73 Å². The molecule has 1 amide bonds. The maximum absolute atomic E-state index is 10.8. The lowest BCUT2D eigenvalue weighted by atomic mass is 10.4. The SMILES string of the molecule is NC(=O)/C(=C/Cl)Sc1ccccc1. The molecule has 4 heteroatoms. The highest BCUT2D eigenvalue weighted by atomic mass is 35.5. The summed E-state index contributed by atoms with van der Waals surface area (Å²) in [6, 6.07) is 9.44. The van der Waals surface area contributed by atoms with E-state index < -0.39 is 5.91 Å². The normalized spacial score (nSPS) is 11.3. The molecule has 0 aliphatic heterocycles. The van der Waals surface area contributed by atoms with Gasteiger partial charge in [0, 0.05) is 10.4 Å². The molecule has 0 spiro atoms. The third-order valence-corrected chi connectivity index (χ3v) is 2.71. The fraction of sp³-hybridized carbons (Fsp3) is 0. The number of amides is 1. The van der Waals surface area contributed by atoms with Crippen molar-refractivity contribution in [3.63, 3.8) is 0 Å². The van der Waals surface area contributed by atoms with Crippen molar-refractivity contribution >= 4 is 29.3 Å². The number of carbonyl (C=O) groups excluding carboxylic acids is 1. The summed E-state index contributed by atoms with van der Waals surface area (Å²) in [5, 5.41) is 0. The molecule has 2 nitrogen and oxygen atoms in total. The Morgan fingerprint density at radius 1 is 1.38 bits per heavy atom. The van der Waals surface area contributed by atoms with Crippen molar-refractivity contribution < 1.29 is 4.79 Å². The zero-order valence-corrected chi connectivity index (χ0v) is 8.31. The Bertz CT molecular complexity index is 324. The Morgan fingerprint density at radius 3 is 2.46 bits per heavy atom. The summed E-state index contributed by atoms with van der Waals surface area (Å²) in [6.45, 7) is 0. The van der Waals surface area contributed by atoms with Gasteiger partial charge in [-0.25, -0.2) is 0 Å². The first-order chi connectivity index (χ1) is 6.24. The molecule has 0 heterocycles. The highest BCUT2D eigenvalue weighted by molar-refractivity contribution is 8.04. The molecule has 0 bridgehead atoms. The van der Waals surface area contributed by atoms with E-state index >= 15 is 0 Å². The Morgan fingerprint density at radius 2 is 2.00 bits per heavy atom. The third-order valence-electron chi connectivity index (χ3n) is 1.31. The van der Waals surface area contributed by atoms with Crippen LogP contribution in [0.25, 0.3) is 0 Å². The monoisotopic (exact) mass is 213 g/mol. The van der Waals surface area contributed by atoms with Crippen LogP contribution in [0, 0.1) is 0 Å². The zero-order chi connectivity index (χ0) is 9.68. The lowest BCUT2D eigenvalue weighted by Crippen LogP contribution is -2.11. The lowest BCUT2D eigenvalue weighted by molar-refractivity contribution is -0.113. The first kappa shape index (κ1) is 10.2. The van der Waals surface area contributed by atoms with Crippen LogP contribution in [-0.4, -0.2) is 5.91 Å². The van der Waals surface area contributed by atoms with Crippen LogP contribution in [0.3, 0.4) is 0 Å². The van der Waals surface area contributed by atoms with Crippen LogP contribution < -0.4 is 5.73 Å². The molecule has 1 aromatic carbocycles. The topological polar surface area (TPSA) is 43.1 Å². The second kappa shape index (κ2) is 4.94. The smallest absolute Gasteiger partial charge is 0.256 e. The highest BCUT2D eigenvalue weighted by Crippen LogP contribution is 2.26. The third kappa shape index (κ3) is 3.13. The number of hydrogen-bond acceptors (Lipinski definition) is 2. The molecule has 2 N–H and O–H groups in total. The van der Waals surface area contributed by atoms with Crippen LogP contribution in [-0.2, 0) is 4.79 Å². The summed E-state index contributed by atoms with van der Waals surface area (Å²) >= 11 is 6.68. The Labute approximate surface area is 85.8 Å². The predicted molar refractivity (Wildman–Crippen MR) is 55.4 cm³/mol. The van der Waals surface area contributed by atoms with E-state index in [4.69, 9.17) is 17.3 Å². The first-order valence-electron chi connectivity index (χ1n) is 3.57. The fourth-order valence-corrected chi connectivity index (χ4v) is 1.68. The van der Waals surface area contributed by atoms with Gasteiger partial charge in [-0.3, -0.25) is 4.79 Å². The largest absolute Gasteiger partial charge is 0.365 e. The van der Waals surface area contributed by atoms with Crippen molar-refractivity contribution in [3.05, 3.63) is 40.8 Å². The number of rotatable bonds is 3. The number of thioether (sulfide) groups is 1. The van der Waals surface area contributed by atoms with Gasteiger partial charge < -0.3 is 5.73 Å². The summed E-state index contributed by atoms with van der Waals surface area (Å²) in [6.07, 6.45) is 0. The number of benzene rings is 1. The average Bonchev–Trinajstić information content (AvgIpc) is 2.15. The van der Waals surface area contributed by atoms with E-state index in [0.717, 1.165) is 4.90 Å². The van der Waals surface area contributed by atoms with E-state index in [2.05, 4.69) is 0 Å². The van der Waals surface area contributed by atoms with E-state index in [1.54, 1.807) is 0 Å². The number of carbonyl (C=O) groups is 1. The number of hydrogen-bond donors (Lipinski definition) is 1. The van der Waals surface area contributed by atoms with Crippen LogP contribution in [0.2, 0.25) is 0 Å². The summed E-state index contributed by atoms with van der Waals surface area (Å²) in [4.78, 5) is 12.1. The Hall–Kier alpha value is -0.930. The molecule has 0 atom stereocenters. The van der Waals surface area contributed by atoms with Crippen LogP contribution in [0.5, 0.6) is 0 Å². The maximum Gasteiger partial charge on any atom is 0.256 e. The Balaban J connectivity index is 2.74. The minimum absolute atomic E-state index is 0.341. The predicted octanol–water partition coefficient (Wildman–Crippen LogP) is 2.34. The molecule has 0 unspecified atom stereocenters. The van der Waals surface area contributed by atoms with Crippen LogP contribution in [0.15, 0.2) is 45.7 Å². The molecule has 0 saturated carbocycles. The number of primary amides is 1. The van der Waals surface area contributed by atoms with Gasteiger partial charge in [0.15, 0.2) is 0 Å². The minimum atomic E-state index is -0.510. The van der Waals surface area contributed by atoms with Crippen molar-refractivity contribution in [1.29, 1.82) is 0 Å². The molecular weight excluding hydrogens is 206 g/mol. The van der Waals surface area contributed by atoms with Crippen molar-refractivity contribution in [2.45, 2.75) is 4.90 Å². The number of halogens is 1. The van der Waals surface area contributed by atoms with Gasteiger partial charge in [-0.2, -0.15) is 0 Å². The van der Waals surface area contributed by atoms with Gasteiger partial charge in [-0.05, 0) is 12.1 Å². The van der Waals surface area contributed by atoms with Gasteiger partial charge in [-0.15, -0.1) is 0 Å². The number of nitrogens with two attached hydrogens (primary N) is 1. The molecule has 1 rings (SSSR count). The van der Waals surface area contributed by atoms with E-state index in [0.29, 0.717) is 4.91 Å². The second-order valence-corrected chi connectivity index (χ2v) is 3.59. The summed E-state index contributed by atoms with van der Waals surface area (Å²) in [5.74, 6) is -0.510. The van der Waals surface area contributed by atoms with Gasteiger partial charge in [-0.1, -0.05) is 41.6 Å². The molecule has 0 saturated heterocycles. The lowest BCUT2D eigenvalue weighted by Gasteiger charge is -2.00. The molecule has 0 radical (unpaired) electrons. The van der Waals surface area contributed by atoms with Gasteiger partial charge in [0.05, 0.1) is 4.91 Å². The van der Waals surface area contributed by atoms with E-state index in [9.17, 15) is 4.79 Å². The maximum atomic E-state index is 10.8. The van der Waals surface area contributed by atoms with Gasteiger partial charge in [0.25, 0.3) is 5.91 Å². The standard InChI is InChI=1S/C9H8ClNOS/c10-6-8(9(11)12)13-7-4-2-1-3-5-7/h1-6H,(H2,11,12)/b8-6-. The van der Waals surface area contributed by atoms with Crippen molar-refractivity contribution in [3.8, 4) is 0 Å². The highest BCUT2D eigenvalue weighted by Gasteiger charge is 2.05. The quantitative estimate of drug-likeness (QED) is 0.619. The summed E-state index contributed by atoms with van der Waals surface area (Å²) in [5.41, 5.74) is 6.28. The van der Waals surface area contributed by atoms with Crippen LogP contribution in [0.4, 0.5) is 0 Å². The van der Waals surface area contributed by atoms with E-state index in [1.807, 2.05) is 30.3 Å². The molecule has 0 aliphatic rings. The van der Waals surface area contributed by atoms with Crippen molar-refractivity contribution in [1.82, 2.24) is 0 Å². The van der Waals surface area contributed by atoms with Gasteiger partial charge in [0.1, 0.15) is 0 Å². The molecule has 0 aromatic heterocycles. The second-order valence-electron chi connectivity index (χ2n) is 2.25. The van der Waals surface area contributed by atoms with Gasteiger partial charge >= 0.3 is 0 Å². The molecule has 0 aliphatic carbocycles. The van der Waals surface area contributed by atoms with E-state index in [-0.39, 0.29) is 0 Å². The molecular formula is C9H8ClNOS. The molecule has 0 fully saturated rings. The molecule has 68 valence electrons. The van der Waals surface area contributed by atoms with E-state index in [1.165, 1.54) is 17.3 Å². The summed E-state index contributed by atoms with van der Waals surface area (Å²) < 4.78 is 0. The zero-order valence-electron chi connectivity index (χ0n) is 6.74. The molecule has 1 aromatic rings. The van der Waals surface area contributed by atoms with Crippen molar-refractivity contribution in [2.75, 3.05) is 0 Å². The average molecular weight is 214 g/mol. The van der Waals surface area contributed by atoms with Gasteiger partial charge in [0.2, 0.25) is 0 Å². The van der Waals surface area contributed by atoms with Crippen LogP contribution in [0.1, 0.15) is 0 Å². The Kier molecular flexibility index (Phi) is 3.86. The van der Waals surface area contributed by atoms with Crippen LogP contribution >= 0.6 is 23.4 Å².